The third kappa shape index (κ3) is 1.10. The average molecular weight is 263 g/mol. The van der Waals surface area contributed by atoms with E-state index in [9.17, 15) is 4.79 Å². The Morgan fingerprint density at radius 2 is 1.30 bits per heavy atom. The molecule has 0 spiro atoms. The second-order valence-electron chi connectivity index (χ2n) is 5.75. The van der Waals surface area contributed by atoms with Crippen LogP contribution in [0.3, 0.4) is 0 Å². The van der Waals surface area contributed by atoms with Crippen molar-refractivity contribution in [2.75, 3.05) is 0 Å². The summed E-state index contributed by atoms with van der Waals surface area (Å²) in [5.74, 6) is 0.375. The lowest BCUT2D eigenvalue weighted by molar-refractivity contribution is 0.109. The molecule has 3 nitrogen and oxygen atoms in total. The van der Waals surface area contributed by atoms with Crippen LogP contribution in [-0.4, -0.2) is 18.2 Å². The fourth-order valence-electron chi connectivity index (χ4n) is 4.23. The fourth-order valence-corrected chi connectivity index (χ4v) is 4.23. The van der Waals surface area contributed by atoms with Crippen molar-refractivity contribution in [3.63, 3.8) is 0 Å². The Hall–Kier alpha value is -2.29. The Labute approximate surface area is 116 Å². The summed E-state index contributed by atoms with van der Waals surface area (Å²) >= 11 is 0. The normalized spacial score (nSPS) is 31.9. The van der Waals surface area contributed by atoms with Crippen LogP contribution in [0, 0.1) is 0 Å². The predicted octanol–water partition coefficient (Wildman–Crippen LogP) is 2.75. The van der Waals surface area contributed by atoms with Gasteiger partial charge in [-0.2, -0.15) is 0 Å². The highest BCUT2D eigenvalue weighted by atomic mass is 16.6. The van der Waals surface area contributed by atoms with Crippen molar-refractivity contribution in [1.82, 2.24) is 5.32 Å². The van der Waals surface area contributed by atoms with E-state index in [-0.39, 0.29) is 30.1 Å². The highest BCUT2D eigenvalue weighted by Gasteiger charge is 2.55. The van der Waals surface area contributed by atoms with Gasteiger partial charge in [-0.3, -0.25) is 0 Å². The molecule has 1 amide bonds. The van der Waals surface area contributed by atoms with Crippen molar-refractivity contribution >= 4 is 6.09 Å². The third-order valence-corrected chi connectivity index (χ3v) is 4.90. The number of hydrogen-bond acceptors (Lipinski definition) is 2. The lowest BCUT2D eigenvalue weighted by atomic mass is 9.60. The van der Waals surface area contributed by atoms with E-state index in [1.807, 2.05) is 0 Å². The maximum absolute atomic E-state index is 11.7. The molecule has 2 bridgehead atoms. The minimum atomic E-state index is -0.282. The van der Waals surface area contributed by atoms with Crippen molar-refractivity contribution in [1.29, 1.82) is 0 Å². The second-order valence-corrected chi connectivity index (χ2v) is 5.75. The molecule has 3 heteroatoms. The van der Waals surface area contributed by atoms with E-state index in [0.717, 1.165) is 0 Å². The lowest BCUT2D eigenvalue weighted by Gasteiger charge is -2.46. The topological polar surface area (TPSA) is 38.3 Å². The molecule has 1 saturated heterocycles. The number of rotatable bonds is 0. The Balaban J connectivity index is 1.83. The number of amides is 1. The standard InChI is InChI=1S/C17H13NO2/c19-17-18-15-13-9-5-1-3-7-11(9)14(16(15)20-17)12-8-4-2-6-10(12)13/h1-8,13-16H,(H,18,19)/t13?,14?,15-,16+/m1/s1. The molecule has 0 unspecified atom stereocenters. The van der Waals surface area contributed by atoms with Gasteiger partial charge in [-0.15, -0.1) is 0 Å². The van der Waals surface area contributed by atoms with Gasteiger partial charge in [-0.1, -0.05) is 48.5 Å². The number of nitrogens with one attached hydrogen (secondary N) is 1. The molecule has 0 aromatic heterocycles. The number of ether oxygens (including phenoxy) is 1. The van der Waals surface area contributed by atoms with E-state index >= 15 is 0 Å². The Kier molecular flexibility index (Phi) is 1.80. The summed E-state index contributed by atoms with van der Waals surface area (Å²) in [5.41, 5.74) is 5.30. The summed E-state index contributed by atoms with van der Waals surface area (Å²) in [4.78, 5) is 11.7. The molecule has 0 saturated carbocycles. The SMILES string of the molecule is O=C1N[C@@H]2C3c4ccccc4C(c4ccccc43)[C@@H]2O1. The molecule has 1 fully saturated rings. The molecule has 2 atom stereocenters. The van der Waals surface area contributed by atoms with Gasteiger partial charge in [0.25, 0.3) is 0 Å². The summed E-state index contributed by atoms with van der Waals surface area (Å²) in [5, 5.41) is 3.01. The maximum Gasteiger partial charge on any atom is 0.407 e. The average Bonchev–Trinajstić information content (AvgIpc) is 2.88. The van der Waals surface area contributed by atoms with E-state index in [1.165, 1.54) is 22.3 Å². The summed E-state index contributed by atoms with van der Waals surface area (Å²) < 4.78 is 5.56. The van der Waals surface area contributed by atoms with Gasteiger partial charge >= 0.3 is 6.09 Å². The van der Waals surface area contributed by atoms with Crippen molar-refractivity contribution in [2.24, 2.45) is 0 Å². The minimum Gasteiger partial charge on any atom is -0.443 e. The Bertz CT molecular complexity index is 632. The third-order valence-electron chi connectivity index (χ3n) is 4.90. The zero-order chi connectivity index (χ0) is 13.3. The first kappa shape index (κ1) is 10.5. The molecule has 20 heavy (non-hydrogen) atoms. The summed E-state index contributed by atoms with van der Waals surface area (Å²) in [6, 6.07) is 17.1. The van der Waals surface area contributed by atoms with Gasteiger partial charge in [0, 0.05) is 11.8 Å². The van der Waals surface area contributed by atoms with Crippen LogP contribution in [0.1, 0.15) is 34.1 Å². The van der Waals surface area contributed by atoms with Crippen LogP contribution in [-0.2, 0) is 4.74 Å². The van der Waals surface area contributed by atoms with Gasteiger partial charge in [0.15, 0.2) is 0 Å². The number of alkyl carbamates (subject to hydrolysis) is 1. The number of carbonyl (C=O) groups is 1. The first-order chi connectivity index (χ1) is 9.84. The van der Waals surface area contributed by atoms with Gasteiger partial charge in [-0.25, -0.2) is 4.79 Å². The van der Waals surface area contributed by atoms with Crippen LogP contribution >= 0.6 is 0 Å². The predicted molar refractivity (Wildman–Crippen MR) is 73.8 cm³/mol. The number of carbonyl (C=O) groups excluding carboxylic acids is 1. The molecule has 3 aliphatic carbocycles. The zero-order valence-corrected chi connectivity index (χ0v) is 10.7. The first-order valence-electron chi connectivity index (χ1n) is 6.99. The monoisotopic (exact) mass is 263 g/mol. The molecule has 1 heterocycles. The van der Waals surface area contributed by atoms with Crippen molar-refractivity contribution in [3.05, 3.63) is 70.8 Å². The Morgan fingerprint density at radius 1 is 0.800 bits per heavy atom. The van der Waals surface area contributed by atoms with E-state index in [0.29, 0.717) is 0 Å². The smallest absolute Gasteiger partial charge is 0.407 e. The Morgan fingerprint density at radius 3 is 1.85 bits per heavy atom. The van der Waals surface area contributed by atoms with Gasteiger partial charge < -0.3 is 10.1 Å². The first-order valence-corrected chi connectivity index (χ1v) is 6.99. The number of benzene rings is 2. The van der Waals surface area contributed by atoms with Crippen molar-refractivity contribution in [3.8, 4) is 0 Å². The van der Waals surface area contributed by atoms with Crippen LogP contribution in [0.5, 0.6) is 0 Å². The van der Waals surface area contributed by atoms with Crippen LogP contribution < -0.4 is 5.32 Å². The summed E-state index contributed by atoms with van der Waals surface area (Å²) in [7, 11) is 0. The van der Waals surface area contributed by atoms with Gasteiger partial charge in [-0.05, 0) is 22.3 Å². The van der Waals surface area contributed by atoms with E-state index in [2.05, 4.69) is 53.8 Å². The molecule has 4 aliphatic rings. The van der Waals surface area contributed by atoms with Gasteiger partial charge in [0.2, 0.25) is 0 Å². The molecular weight excluding hydrogens is 250 g/mol. The lowest BCUT2D eigenvalue weighted by Crippen LogP contribution is -2.49. The van der Waals surface area contributed by atoms with Crippen LogP contribution in [0.25, 0.3) is 0 Å². The van der Waals surface area contributed by atoms with Crippen LogP contribution in [0.15, 0.2) is 48.5 Å². The molecule has 0 radical (unpaired) electrons. The summed E-state index contributed by atoms with van der Waals surface area (Å²) in [6.07, 6.45) is -0.354. The van der Waals surface area contributed by atoms with Crippen LogP contribution in [0.2, 0.25) is 0 Å². The van der Waals surface area contributed by atoms with E-state index < -0.39 is 0 Å². The maximum atomic E-state index is 11.7. The summed E-state index contributed by atoms with van der Waals surface area (Å²) in [6.45, 7) is 0. The molecule has 2 aromatic carbocycles. The highest BCUT2D eigenvalue weighted by molar-refractivity contribution is 5.73. The fraction of sp³-hybridized carbons (Fsp3) is 0.235. The van der Waals surface area contributed by atoms with E-state index in [1.54, 1.807) is 0 Å². The molecular formula is C17H13NO2. The molecule has 6 rings (SSSR count). The molecule has 1 N–H and O–H groups in total. The van der Waals surface area contributed by atoms with Crippen molar-refractivity contribution in [2.45, 2.75) is 24.0 Å². The largest absolute Gasteiger partial charge is 0.443 e. The second kappa shape index (κ2) is 3.42. The van der Waals surface area contributed by atoms with E-state index in [4.69, 9.17) is 4.74 Å². The van der Waals surface area contributed by atoms with Crippen molar-refractivity contribution < 1.29 is 9.53 Å². The molecule has 1 aliphatic heterocycles. The highest BCUT2D eigenvalue weighted by Crippen LogP contribution is 2.54. The van der Waals surface area contributed by atoms with Gasteiger partial charge in [0.05, 0.1) is 6.04 Å². The van der Waals surface area contributed by atoms with Gasteiger partial charge in [0.1, 0.15) is 6.10 Å². The quantitative estimate of drug-likeness (QED) is 0.793. The van der Waals surface area contributed by atoms with Crippen LogP contribution in [0.4, 0.5) is 4.79 Å². The zero-order valence-electron chi connectivity index (χ0n) is 10.7. The molecule has 2 aromatic rings. The molecule has 98 valence electrons. The minimum absolute atomic E-state index is 0.0669. The number of hydrogen-bond donors (Lipinski definition) is 1.